The Labute approximate surface area is 153 Å². The van der Waals surface area contributed by atoms with Gasteiger partial charge >= 0.3 is 0 Å². The highest BCUT2D eigenvalue weighted by Crippen LogP contribution is 2.36. The van der Waals surface area contributed by atoms with E-state index in [1.54, 1.807) is 0 Å². The molecule has 1 aliphatic carbocycles. The number of aromatic nitrogens is 3. The molecule has 0 unspecified atom stereocenters. The molecule has 26 heavy (non-hydrogen) atoms. The number of sulfonamides is 1. The zero-order chi connectivity index (χ0) is 18.3. The van der Waals surface area contributed by atoms with Gasteiger partial charge in [0.05, 0.1) is 24.4 Å². The van der Waals surface area contributed by atoms with Crippen molar-refractivity contribution in [1.29, 1.82) is 0 Å². The molecule has 2 aromatic rings. The SMILES string of the molecule is CS(=O)(=O)NCCC[C@H]1COCc2nc3c(N)nc4c(c3n21)CCCC4. The molecule has 9 heteroatoms. The first-order valence-corrected chi connectivity index (χ1v) is 11.0. The van der Waals surface area contributed by atoms with E-state index in [1.165, 1.54) is 11.8 Å². The average Bonchev–Trinajstić information content (AvgIpc) is 2.99. The molecule has 0 radical (unpaired) electrons. The minimum atomic E-state index is -3.15. The fourth-order valence-electron chi connectivity index (χ4n) is 4.08. The molecule has 142 valence electrons. The number of aryl methyl sites for hydroxylation is 2. The number of hydrogen-bond acceptors (Lipinski definition) is 6. The molecule has 0 aromatic carbocycles. The molecule has 0 amide bonds. The molecule has 1 aliphatic heterocycles. The normalized spacial score (nSPS) is 20.1. The van der Waals surface area contributed by atoms with E-state index in [1.807, 2.05) is 0 Å². The van der Waals surface area contributed by atoms with Crippen LogP contribution in [0.3, 0.4) is 0 Å². The lowest BCUT2D eigenvalue weighted by Gasteiger charge is -2.28. The van der Waals surface area contributed by atoms with Gasteiger partial charge in [0.2, 0.25) is 10.0 Å². The van der Waals surface area contributed by atoms with Gasteiger partial charge in [-0.3, -0.25) is 0 Å². The number of fused-ring (bicyclic) bond motifs is 5. The molecular weight excluding hydrogens is 354 g/mol. The number of nitrogens with zero attached hydrogens (tertiary/aromatic N) is 3. The van der Waals surface area contributed by atoms with E-state index in [2.05, 4.69) is 14.3 Å². The maximum atomic E-state index is 11.2. The molecular formula is C17H25N5O3S. The van der Waals surface area contributed by atoms with Crippen LogP contribution < -0.4 is 10.5 Å². The van der Waals surface area contributed by atoms with Crippen molar-refractivity contribution in [3.05, 3.63) is 17.1 Å². The summed E-state index contributed by atoms with van der Waals surface area (Å²) < 4.78 is 33.0. The second kappa shape index (κ2) is 6.79. The molecule has 4 rings (SSSR count). The third-order valence-electron chi connectivity index (χ3n) is 5.19. The minimum absolute atomic E-state index is 0.137. The Morgan fingerprint density at radius 2 is 2.12 bits per heavy atom. The first-order chi connectivity index (χ1) is 12.4. The summed E-state index contributed by atoms with van der Waals surface area (Å²) in [7, 11) is -3.15. The van der Waals surface area contributed by atoms with E-state index >= 15 is 0 Å². The molecule has 8 nitrogen and oxygen atoms in total. The topological polar surface area (TPSA) is 112 Å². The lowest BCUT2D eigenvalue weighted by Crippen LogP contribution is -2.27. The molecule has 0 bridgehead atoms. The van der Waals surface area contributed by atoms with E-state index < -0.39 is 10.0 Å². The van der Waals surface area contributed by atoms with Crippen molar-refractivity contribution in [1.82, 2.24) is 19.3 Å². The predicted molar refractivity (Wildman–Crippen MR) is 99.4 cm³/mol. The van der Waals surface area contributed by atoms with E-state index in [9.17, 15) is 8.42 Å². The van der Waals surface area contributed by atoms with E-state index in [4.69, 9.17) is 15.5 Å². The van der Waals surface area contributed by atoms with Crippen molar-refractivity contribution in [2.45, 2.75) is 51.2 Å². The van der Waals surface area contributed by atoms with E-state index in [0.717, 1.165) is 61.1 Å². The molecule has 0 spiro atoms. The van der Waals surface area contributed by atoms with Gasteiger partial charge < -0.3 is 15.0 Å². The van der Waals surface area contributed by atoms with Gasteiger partial charge in [-0.15, -0.1) is 0 Å². The average molecular weight is 379 g/mol. The van der Waals surface area contributed by atoms with Crippen molar-refractivity contribution >= 4 is 26.9 Å². The largest absolute Gasteiger partial charge is 0.382 e. The summed E-state index contributed by atoms with van der Waals surface area (Å²) in [5.41, 5.74) is 10.5. The van der Waals surface area contributed by atoms with Gasteiger partial charge in [0.1, 0.15) is 17.9 Å². The van der Waals surface area contributed by atoms with Crippen LogP contribution in [0.15, 0.2) is 0 Å². The zero-order valence-electron chi connectivity index (χ0n) is 15.0. The molecule has 2 aliphatic rings. The van der Waals surface area contributed by atoms with Crippen molar-refractivity contribution in [2.75, 3.05) is 25.1 Å². The lowest BCUT2D eigenvalue weighted by atomic mass is 9.94. The summed E-state index contributed by atoms with van der Waals surface area (Å²) in [5, 5.41) is 0. The number of anilines is 1. The van der Waals surface area contributed by atoms with Crippen molar-refractivity contribution in [3.8, 4) is 0 Å². The third kappa shape index (κ3) is 3.30. The number of hydrogen-bond donors (Lipinski definition) is 2. The summed E-state index contributed by atoms with van der Waals surface area (Å²) >= 11 is 0. The van der Waals surface area contributed by atoms with Gasteiger partial charge in [0, 0.05) is 12.2 Å². The van der Waals surface area contributed by atoms with Crippen molar-refractivity contribution in [2.24, 2.45) is 0 Å². The summed E-state index contributed by atoms with van der Waals surface area (Å²) in [6.45, 7) is 1.51. The Hall–Kier alpha value is -1.71. The summed E-state index contributed by atoms with van der Waals surface area (Å²) in [6.07, 6.45) is 7.02. The zero-order valence-corrected chi connectivity index (χ0v) is 15.8. The van der Waals surface area contributed by atoms with Gasteiger partial charge in [-0.2, -0.15) is 0 Å². The maximum absolute atomic E-state index is 11.2. The van der Waals surface area contributed by atoms with E-state index in [0.29, 0.717) is 25.6 Å². The first-order valence-electron chi connectivity index (χ1n) is 9.14. The van der Waals surface area contributed by atoms with Gasteiger partial charge in [-0.25, -0.2) is 23.1 Å². The number of ether oxygens (including phenoxy) is 1. The van der Waals surface area contributed by atoms with Crippen LogP contribution in [0.4, 0.5) is 5.82 Å². The van der Waals surface area contributed by atoms with Crippen LogP contribution in [0, 0.1) is 0 Å². The number of imidazole rings is 1. The monoisotopic (exact) mass is 379 g/mol. The quantitative estimate of drug-likeness (QED) is 0.757. The number of nitrogens with one attached hydrogen (secondary N) is 1. The number of rotatable bonds is 5. The molecule has 0 fully saturated rings. The Morgan fingerprint density at radius 3 is 2.92 bits per heavy atom. The van der Waals surface area contributed by atoms with Gasteiger partial charge in [-0.05, 0) is 44.1 Å². The predicted octanol–water partition coefficient (Wildman–Crippen LogP) is 1.29. The standard InChI is InChI=1S/C17H25N5O3S/c1-26(23,24)19-8-4-5-11-9-25-10-14-21-15-16(22(11)14)12-6-2-3-7-13(12)20-17(15)18/h11,19H,2-10H2,1H3,(H2,18,20)/t11-/m0/s1. The second-order valence-corrected chi connectivity index (χ2v) is 9.04. The van der Waals surface area contributed by atoms with Crippen LogP contribution in [0.2, 0.25) is 0 Å². The Morgan fingerprint density at radius 1 is 1.31 bits per heavy atom. The Bertz CT molecular complexity index is 938. The molecule has 0 saturated heterocycles. The molecule has 1 atom stereocenters. The van der Waals surface area contributed by atoms with Crippen LogP contribution in [0.5, 0.6) is 0 Å². The summed E-state index contributed by atoms with van der Waals surface area (Å²) in [6, 6.07) is 0.137. The Balaban J connectivity index is 1.68. The minimum Gasteiger partial charge on any atom is -0.382 e. The number of pyridine rings is 1. The van der Waals surface area contributed by atoms with Gasteiger partial charge in [0.25, 0.3) is 0 Å². The highest BCUT2D eigenvalue weighted by molar-refractivity contribution is 7.88. The fourth-order valence-corrected chi connectivity index (χ4v) is 4.59. The van der Waals surface area contributed by atoms with Crippen LogP contribution in [-0.4, -0.2) is 42.4 Å². The third-order valence-corrected chi connectivity index (χ3v) is 5.92. The van der Waals surface area contributed by atoms with Crippen molar-refractivity contribution in [3.63, 3.8) is 0 Å². The van der Waals surface area contributed by atoms with Crippen LogP contribution in [-0.2, 0) is 34.2 Å². The van der Waals surface area contributed by atoms with E-state index in [-0.39, 0.29) is 6.04 Å². The second-order valence-electron chi connectivity index (χ2n) is 7.20. The van der Waals surface area contributed by atoms with Crippen LogP contribution in [0.1, 0.15) is 48.8 Å². The molecule has 0 saturated carbocycles. The molecule has 3 heterocycles. The maximum Gasteiger partial charge on any atom is 0.208 e. The summed E-state index contributed by atoms with van der Waals surface area (Å²) in [5.74, 6) is 1.39. The first kappa shape index (κ1) is 17.7. The van der Waals surface area contributed by atoms with Crippen molar-refractivity contribution < 1.29 is 13.2 Å². The van der Waals surface area contributed by atoms with Crippen LogP contribution >= 0.6 is 0 Å². The molecule has 3 N–H and O–H groups in total. The summed E-state index contributed by atoms with van der Waals surface area (Å²) in [4.78, 5) is 9.31. The Kier molecular flexibility index (Phi) is 4.62. The number of nitrogen functional groups attached to an aromatic ring is 1. The molecule has 2 aromatic heterocycles. The van der Waals surface area contributed by atoms with Gasteiger partial charge in [0.15, 0.2) is 5.82 Å². The van der Waals surface area contributed by atoms with Crippen LogP contribution in [0.25, 0.3) is 11.0 Å². The van der Waals surface area contributed by atoms with Gasteiger partial charge in [-0.1, -0.05) is 0 Å². The smallest absolute Gasteiger partial charge is 0.208 e. The fraction of sp³-hybridized carbons (Fsp3) is 0.647. The number of nitrogens with two attached hydrogens (primary N) is 1. The highest BCUT2D eigenvalue weighted by Gasteiger charge is 2.28. The highest BCUT2D eigenvalue weighted by atomic mass is 32.2. The lowest BCUT2D eigenvalue weighted by molar-refractivity contribution is 0.0533.